The Morgan fingerprint density at radius 3 is 2.64 bits per heavy atom. The Kier molecular flexibility index (Phi) is 12.6. The van der Waals surface area contributed by atoms with E-state index in [0.29, 0.717) is 19.3 Å². The zero-order valence-corrected chi connectivity index (χ0v) is 22.4. The molecule has 3 rings (SSSR count). The lowest BCUT2D eigenvalue weighted by Gasteiger charge is -2.22. The summed E-state index contributed by atoms with van der Waals surface area (Å²) in [5.74, 6) is 1.75. The molecule has 0 radical (unpaired) electrons. The molecule has 1 aliphatic rings. The van der Waals surface area contributed by atoms with Crippen molar-refractivity contribution in [3.05, 3.63) is 64.7 Å². The molecule has 7 heteroatoms. The molecule has 0 amide bonds. The Hall–Kier alpha value is -1.84. The van der Waals surface area contributed by atoms with Gasteiger partial charge in [0.15, 0.2) is 5.96 Å². The summed E-state index contributed by atoms with van der Waals surface area (Å²) in [4.78, 5) is 4.77. The molecule has 1 saturated heterocycles. The monoisotopic (exact) mass is 567 g/mol. The van der Waals surface area contributed by atoms with Gasteiger partial charge in [0.2, 0.25) is 0 Å². The van der Waals surface area contributed by atoms with Gasteiger partial charge in [-0.25, -0.2) is 4.99 Å². The average molecular weight is 568 g/mol. The van der Waals surface area contributed by atoms with Crippen molar-refractivity contribution in [3.63, 3.8) is 0 Å². The molecule has 182 valence electrons. The summed E-state index contributed by atoms with van der Waals surface area (Å²) in [7, 11) is 1.72. The van der Waals surface area contributed by atoms with E-state index in [9.17, 15) is 0 Å². The smallest absolute Gasteiger partial charge is 0.191 e. The zero-order chi connectivity index (χ0) is 22.6. The fraction of sp³-hybridized carbons (Fsp3) is 0.500. The van der Waals surface area contributed by atoms with Gasteiger partial charge in [-0.05, 0) is 55.9 Å². The van der Waals surface area contributed by atoms with Crippen LogP contribution in [0.5, 0.6) is 5.75 Å². The first kappa shape index (κ1) is 27.4. The van der Waals surface area contributed by atoms with E-state index in [2.05, 4.69) is 60.9 Å². The number of guanidine groups is 1. The van der Waals surface area contributed by atoms with E-state index >= 15 is 0 Å². The molecule has 0 aromatic heterocycles. The molecule has 6 nitrogen and oxygen atoms in total. The lowest BCUT2D eigenvalue weighted by atomic mass is 10.1. The number of hydrogen-bond acceptors (Lipinski definition) is 4. The molecule has 0 bridgehead atoms. The maximum atomic E-state index is 6.06. The first-order valence-corrected chi connectivity index (χ1v) is 11.6. The van der Waals surface area contributed by atoms with Gasteiger partial charge in [-0.2, -0.15) is 0 Å². The summed E-state index contributed by atoms with van der Waals surface area (Å²) in [6.45, 7) is 8.64. The van der Waals surface area contributed by atoms with Crippen molar-refractivity contribution >= 4 is 29.9 Å². The van der Waals surface area contributed by atoms with Crippen molar-refractivity contribution < 1.29 is 14.2 Å². The largest absolute Gasteiger partial charge is 0.496 e. The minimum atomic E-state index is 0. The van der Waals surface area contributed by atoms with E-state index < -0.39 is 0 Å². The van der Waals surface area contributed by atoms with E-state index in [1.54, 1.807) is 7.11 Å². The Labute approximate surface area is 215 Å². The number of nitrogens with zero attached hydrogens (tertiary/aromatic N) is 1. The van der Waals surface area contributed by atoms with Crippen LogP contribution >= 0.6 is 24.0 Å². The van der Waals surface area contributed by atoms with Crippen LogP contribution in [0.2, 0.25) is 0 Å². The highest BCUT2D eigenvalue weighted by atomic mass is 127. The number of hydrogen-bond donors (Lipinski definition) is 2. The van der Waals surface area contributed by atoms with Crippen LogP contribution in [0.4, 0.5) is 0 Å². The fourth-order valence-corrected chi connectivity index (χ4v) is 3.80. The number of aryl methyl sites for hydroxylation is 1. The topological polar surface area (TPSA) is 64.1 Å². The van der Waals surface area contributed by atoms with Crippen molar-refractivity contribution in [2.24, 2.45) is 4.99 Å². The molecular formula is C26H38IN3O3. The zero-order valence-electron chi connectivity index (χ0n) is 20.1. The van der Waals surface area contributed by atoms with Gasteiger partial charge in [0.05, 0.1) is 26.4 Å². The summed E-state index contributed by atoms with van der Waals surface area (Å²) in [6.07, 6.45) is 3.14. The summed E-state index contributed by atoms with van der Waals surface area (Å²) in [5, 5.41) is 6.77. The Balaban J connectivity index is 0.00000385. The SMILES string of the molecule is CCNC(=NCc1cccc(COC2CCOCC2)c1)NCCc1cc(C)ccc1OC.I. The molecule has 0 spiro atoms. The molecule has 0 saturated carbocycles. The van der Waals surface area contributed by atoms with Gasteiger partial charge in [0.25, 0.3) is 0 Å². The minimum absolute atomic E-state index is 0. The molecule has 1 fully saturated rings. The number of methoxy groups -OCH3 is 1. The second-order valence-corrected chi connectivity index (χ2v) is 8.13. The summed E-state index contributed by atoms with van der Waals surface area (Å²) in [6, 6.07) is 14.8. The molecule has 2 aromatic carbocycles. The van der Waals surface area contributed by atoms with Gasteiger partial charge in [0.1, 0.15) is 5.75 Å². The van der Waals surface area contributed by atoms with Gasteiger partial charge < -0.3 is 24.8 Å². The van der Waals surface area contributed by atoms with Crippen LogP contribution in [0.25, 0.3) is 0 Å². The Morgan fingerprint density at radius 1 is 1.09 bits per heavy atom. The summed E-state index contributed by atoms with van der Waals surface area (Å²) in [5.41, 5.74) is 4.81. The Bertz CT molecular complexity index is 870. The number of nitrogens with one attached hydrogen (secondary N) is 2. The normalized spacial score (nSPS) is 14.5. The van der Waals surface area contributed by atoms with Crippen molar-refractivity contribution in [2.75, 3.05) is 33.4 Å². The van der Waals surface area contributed by atoms with Gasteiger partial charge in [-0.15, -0.1) is 24.0 Å². The number of rotatable bonds is 10. The molecule has 0 unspecified atom stereocenters. The molecule has 1 heterocycles. The van der Waals surface area contributed by atoms with Crippen LogP contribution in [0.15, 0.2) is 47.5 Å². The molecule has 1 aliphatic heterocycles. The number of halogens is 1. The van der Waals surface area contributed by atoms with Crippen molar-refractivity contribution in [1.29, 1.82) is 0 Å². The molecular weight excluding hydrogens is 529 g/mol. The first-order valence-electron chi connectivity index (χ1n) is 11.6. The fourth-order valence-electron chi connectivity index (χ4n) is 3.80. The summed E-state index contributed by atoms with van der Waals surface area (Å²) >= 11 is 0. The third-order valence-corrected chi connectivity index (χ3v) is 5.53. The van der Waals surface area contributed by atoms with Crippen LogP contribution in [-0.4, -0.2) is 45.5 Å². The van der Waals surface area contributed by atoms with E-state index in [1.165, 1.54) is 22.3 Å². The highest BCUT2D eigenvalue weighted by molar-refractivity contribution is 14.0. The third kappa shape index (κ3) is 9.51. The lowest BCUT2D eigenvalue weighted by molar-refractivity contribution is -0.0390. The van der Waals surface area contributed by atoms with Crippen molar-refractivity contribution in [3.8, 4) is 5.75 Å². The maximum absolute atomic E-state index is 6.06. The van der Waals surface area contributed by atoms with Gasteiger partial charge in [-0.1, -0.05) is 42.0 Å². The van der Waals surface area contributed by atoms with E-state index in [1.807, 2.05) is 6.07 Å². The second kappa shape index (κ2) is 15.1. The van der Waals surface area contributed by atoms with Crippen LogP contribution in [0, 0.1) is 6.92 Å². The first-order chi connectivity index (χ1) is 15.7. The summed E-state index contributed by atoms with van der Waals surface area (Å²) < 4.78 is 17.0. The standard InChI is InChI=1S/C26H37N3O3.HI/c1-4-27-26(28-13-10-23-16-20(2)8-9-25(23)30-3)29-18-21-6-5-7-22(17-21)19-32-24-11-14-31-15-12-24;/h5-9,16-17,24H,4,10-15,18-19H2,1-3H3,(H2,27,28,29);1H. The van der Waals surface area contributed by atoms with Gasteiger partial charge in [0, 0.05) is 26.3 Å². The number of ether oxygens (including phenoxy) is 3. The van der Waals surface area contributed by atoms with Crippen molar-refractivity contribution in [2.45, 2.75) is 52.4 Å². The predicted molar refractivity (Wildman–Crippen MR) is 145 cm³/mol. The highest BCUT2D eigenvalue weighted by Crippen LogP contribution is 2.20. The van der Waals surface area contributed by atoms with E-state index in [0.717, 1.165) is 57.3 Å². The van der Waals surface area contributed by atoms with Crippen LogP contribution in [-0.2, 0) is 29.0 Å². The van der Waals surface area contributed by atoms with E-state index in [-0.39, 0.29) is 24.0 Å². The molecule has 0 aliphatic carbocycles. The Morgan fingerprint density at radius 2 is 1.88 bits per heavy atom. The number of benzene rings is 2. The molecule has 2 aromatic rings. The lowest BCUT2D eigenvalue weighted by Crippen LogP contribution is -2.38. The van der Waals surface area contributed by atoms with Crippen LogP contribution in [0.1, 0.15) is 42.0 Å². The average Bonchev–Trinajstić information content (AvgIpc) is 2.82. The predicted octanol–water partition coefficient (Wildman–Crippen LogP) is 4.62. The molecule has 0 atom stereocenters. The van der Waals surface area contributed by atoms with E-state index in [4.69, 9.17) is 19.2 Å². The van der Waals surface area contributed by atoms with Crippen LogP contribution in [0.3, 0.4) is 0 Å². The quantitative estimate of drug-likeness (QED) is 0.250. The van der Waals surface area contributed by atoms with Gasteiger partial charge in [-0.3, -0.25) is 0 Å². The minimum Gasteiger partial charge on any atom is -0.496 e. The molecule has 2 N–H and O–H groups in total. The highest BCUT2D eigenvalue weighted by Gasteiger charge is 2.14. The number of aliphatic imine (C=N–C) groups is 1. The molecule has 33 heavy (non-hydrogen) atoms. The van der Waals surface area contributed by atoms with Gasteiger partial charge >= 0.3 is 0 Å². The van der Waals surface area contributed by atoms with Crippen molar-refractivity contribution in [1.82, 2.24) is 10.6 Å². The second-order valence-electron chi connectivity index (χ2n) is 8.13. The van der Waals surface area contributed by atoms with Crippen LogP contribution < -0.4 is 15.4 Å². The third-order valence-electron chi connectivity index (χ3n) is 5.53. The maximum Gasteiger partial charge on any atom is 0.191 e.